The van der Waals surface area contributed by atoms with Crippen molar-refractivity contribution in [3.63, 3.8) is 0 Å². The predicted molar refractivity (Wildman–Crippen MR) is 147 cm³/mol. The summed E-state index contributed by atoms with van der Waals surface area (Å²) in [6.07, 6.45) is 0.0261. The van der Waals surface area contributed by atoms with Gasteiger partial charge in [-0.1, -0.05) is 24.3 Å². The zero-order chi connectivity index (χ0) is 30.1. The number of fused-ring (bicyclic) bond motifs is 3. The van der Waals surface area contributed by atoms with Gasteiger partial charge in [-0.15, -0.1) is 0 Å². The van der Waals surface area contributed by atoms with Gasteiger partial charge in [0, 0.05) is 55.1 Å². The number of hydrogen-bond acceptors (Lipinski definition) is 11. The summed E-state index contributed by atoms with van der Waals surface area (Å²) in [7, 11) is 1.35. The van der Waals surface area contributed by atoms with Crippen molar-refractivity contribution in [3.05, 3.63) is 63.7 Å². The van der Waals surface area contributed by atoms with Crippen molar-refractivity contribution < 1.29 is 49.0 Å². The Labute approximate surface area is 241 Å². The highest BCUT2D eigenvalue weighted by molar-refractivity contribution is 6.31. The maximum Gasteiger partial charge on any atom is 0.202 e. The molecule has 2 aromatic rings. The van der Waals surface area contributed by atoms with Crippen molar-refractivity contribution in [3.8, 4) is 17.2 Å². The Balaban J connectivity index is 1.46. The molecular formula is C31H33NO10. The second-order valence-electron chi connectivity index (χ2n) is 11.5. The van der Waals surface area contributed by atoms with Crippen LogP contribution in [0.25, 0.3) is 0 Å². The lowest BCUT2D eigenvalue weighted by atomic mass is 9.72. The molecular weight excluding hydrogens is 546 g/mol. The molecule has 0 saturated carbocycles. The SMILES string of the molecule is COc1cccc2c1C(=O)c1c(O)c3c(c(O)c1C2=O)C[C@@](O)(C(C)=O)C[C@@H]3O[C@H]1C[C@H](N2CC=CC2)[C@H](O)[C@H](C)O1. The number of methoxy groups -OCH3 is 1. The van der Waals surface area contributed by atoms with Crippen molar-refractivity contribution in [2.75, 3.05) is 20.2 Å². The Morgan fingerprint density at radius 2 is 1.76 bits per heavy atom. The molecule has 0 amide bonds. The number of aromatic hydroxyl groups is 2. The summed E-state index contributed by atoms with van der Waals surface area (Å²) in [5.74, 6) is -3.06. The van der Waals surface area contributed by atoms with E-state index in [0.717, 1.165) is 0 Å². The summed E-state index contributed by atoms with van der Waals surface area (Å²) in [5.41, 5.74) is -2.90. The molecule has 6 rings (SSSR count). The van der Waals surface area contributed by atoms with Crippen LogP contribution in [-0.2, 0) is 20.7 Å². The molecule has 1 fully saturated rings. The molecule has 4 N–H and O–H groups in total. The fraction of sp³-hybridized carbons (Fsp3) is 0.452. The van der Waals surface area contributed by atoms with Gasteiger partial charge in [0.05, 0.1) is 42.1 Å². The van der Waals surface area contributed by atoms with Gasteiger partial charge in [-0.2, -0.15) is 0 Å². The maximum atomic E-state index is 13.8. The van der Waals surface area contributed by atoms with Gasteiger partial charge in [-0.25, -0.2) is 0 Å². The van der Waals surface area contributed by atoms with Crippen LogP contribution in [0.3, 0.4) is 0 Å². The van der Waals surface area contributed by atoms with Gasteiger partial charge < -0.3 is 34.6 Å². The van der Waals surface area contributed by atoms with Gasteiger partial charge in [0.1, 0.15) is 22.8 Å². The van der Waals surface area contributed by atoms with E-state index >= 15 is 0 Å². The van der Waals surface area contributed by atoms with Crippen LogP contribution in [0.5, 0.6) is 17.2 Å². The van der Waals surface area contributed by atoms with E-state index in [4.69, 9.17) is 14.2 Å². The molecule has 2 aliphatic heterocycles. The highest BCUT2D eigenvalue weighted by Crippen LogP contribution is 2.52. The molecule has 6 atom stereocenters. The Morgan fingerprint density at radius 1 is 1.07 bits per heavy atom. The number of rotatable bonds is 5. The van der Waals surface area contributed by atoms with E-state index < -0.39 is 76.6 Å². The Morgan fingerprint density at radius 3 is 2.43 bits per heavy atom. The first-order valence-corrected chi connectivity index (χ1v) is 13.9. The van der Waals surface area contributed by atoms with Crippen molar-refractivity contribution in [1.82, 2.24) is 4.90 Å². The molecule has 11 heteroatoms. The molecule has 2 heterocycles. The fourth-order valence-corrected chi connectivity index (χ4v) is 6.73. The number of phenols is 2. The molecule has 42 heavy (non-hydrogen) atoms. The summed E-state index contributed by atoms with van der Waals surface area (Å²) in [6, 6.07) is 4.18. The Bertz CT molecular complexity index is 1520. The van der Waals surface area contributed by atoms with Gasteiger partial charge in [0.15, 0.2) is 17.9 Å². The predicted octanol–water partition coefficient (Wildman–Crippen LogP) is 1.94. The number of aliphatic hydroxyl groups excluding tert-OH is 1. The molecule has 0 unspecified atom stereocenters. The summed E-state index contributed by atoms with van der Waals surface area (Å²) in [5, 5.41) is 45.3. The number of carbonyl (C=O) groups excluding carboxylic acids is 3. The summed E-state index contributed by atoms with van der Waals surface area (Å²) in [6.45, 7) is 4.23. The smallest absolute Gasteiger partial charge is 0.202 e. The number of ether oxygens (including phenoxy) is 3. The molecule has 4 aliphatic rings. The van der Waals surface area contributed by atoms with Gasteiger partial charge in [-0.05, 0) is 19.9 Å². The average molecular weight is 580 g/mol. The number of carbonyl (C=O) groups is 3. The van der Waals surface area contributed by atoms with E-state index in [9.17, 15) is 34.8 Å². The minimum atomic E-state index is -1.99. The molecule has 2 aromatic carbocycles. The second-order valence-corrected chi connectivity index (χ2v) is 11.5. The highest BCUT2D eigenvalue weighted by Gasteiger charge is 2.50. The zero-order valence-corrected chi connectivity index (χ0v) is 23.5. The number of aliphatic hydroxyl groups is 2. The van der Waals surface area contributed by atoms with E-state index in [-0.39, 0.29) is 46.9 Å². The summed E-state index contributed by atoms with van der Waals surface area (Å²) < 4.78 is 17.6. The molecule has 0 radical (unpaired) electrons. The number of phenolic OH excluding ortho intramolecular Hbond substituents is 2. The third kappa shape index (κ3) is 4.26. The second kappa shape index (κ2) is 10.3. The first-order chi connectivity index (χ1) is 20.0. The lowest BCUT2D eigenvalue weighted by Gasteiger charge is -2.44. The molecule has 0 aromatic heterocycles. The normalized spacial score (nSPS) is 30.5. The zero-order valence-electron chi connectivity index (χ0n) is 23.5. The quantitative estimate of drug-likeness (QED) is 0.258. The molecule has 222 valence electrons. The minimum absolute atomic E-state index is 0.00145. The number of benzene rings is 2. The van der Waals surface area contributed by atoms with Gasteiger partial charge in [0.2, 0.25) is 5.78 Å². The first-order valence-electron chi connectivity index (χ1n) is 13.9. The number of ketones is 3. The minimum Gasteiger partial charge on any atom is -0.507 e. The van der Waals surface area contributed by atoms with Gasteiger partial charge in [0.25, 0.3) is 0 Å². The maximum absolute atomic E-state index is 13.8. The standard InChI is InChI=1S/C31H33NO10/c1-14-26(34)18(32-9-4-5-10-32)11-21(41-14)42-20-13-31(39,15(2)33)12-17-23(20)30(38)25-24(28(17)36)27(35)16-7-6-8-19(40-3)22(16)29(25)37/h4-8,14,18,20-21,26,34,36,38-39H,9-13H2,1-3H3/t14-,18-,20-,21-,26+,31-/m0/s1. The largest absolute Gasteiger partial charge is 0.507 e. The van der Waals surface area contributed by atoms with Crippen LogP contribution in [0, 0.1) is 0 Å². The topological polar surface area (TPSA) is 163 Å². The molecule has 0 spiro atoms. The van der Waals surface area contributed by atoms with Crippen LogP contribution >= 0.6 is 0 Å². The Kier molecular flexibility index (Phi) is 6.98. The lowest BCUT2D eigenvalue weighted by molar-refractivity contribution is -0.257. The highest BCUT2D eigenvalue weighted by atomic mass is 16.7. The van der Waals surface area contributed by atoms with Crippen LogP contribution in [0.4, 0.5) is 0 Å². The molecule has 1 saturated heterocycles. The van der Waals surface area contributed by atoms with Crippen LogP contribution in [0.2, 0.25) is 0 Å². The third-order valence-electron chi connectivity index (χ3n) is 9.04. The molecule has 0 bridgehead atoms. The average Bonchev–Trinajstić information content (AvgIpc) is 3.49. The van der Waals surface area contributed by atoms with Gasteiger partial charge >= 0.3 is 0 Å². The lowest BCUT2D eigenvalue weighted by Crippen LogP contribution is -2.55. The number of Topliss-reactive ketones (excluding diaryl/α,β-unsaturated/α-hetero) is 1. The van der Waals surface area contributed by atoms with Gasteiger partial charge in [-0.3, -0.25) is 19.3 Å². The number of nitrogens with zero attached hydrogens (tertiary/aromatic N) is 1. The number of hydrogen-bond donors (Lipinski definition) is 4. The van der Waals surface area contributed by atoms with E-state index in [1.807, 2.05) is 12.2 Å². The van der Waals surface area contributed by atoms with Crippen molar-refractivity contribution in [2.45, 2.75) is 69.4 Å². The van der Waals surface area contributed by atoms with Crippen LogP contribution in [0.1, 0.15) is 75.8 Å². The van der Waals surface area contributed by atoms with E-state index in [0.29, 0.717) is 13.1 Å². The van der Waals surface area contributed by atoms with E-state index in [2.05, 4.69) is 4.90 Å². The fourth-order valence-electron chi connectivity index (χ4n) is 6.73. The first kappa shape index (κ1) is 28.5. The Hall–Kier alpha value is -3.61. The monoisotopic (exact) mass is 579 g/mol. The van der Waals surface area contributed by atoms with Crippen molar-refractivity contribution >= 4 is 17.3 Å². The van der Waals surface area contributed by atoms with Crippen LogP contribution in [-0.4, -0.2) is 93.0 Å². The third-order valence-corrected chi connectivity index (χ3v) is 9.04. The van der Waals surface area contributed by atoms with Crippen LogP contribution < -0.4 is 4.74 Å². The molecule has 11 nitrogen and oxygen atoms in total. The van der Waals surface area contributed by atoms with E-state index in [1.165, 1.54) is 32.2 Å². The van der Waals surface area contributed by atoms with Crippen molar-refractivity contribution in [1.29, 1.82) is 0 Å². The summed E-state index contributed by atoms with van der Waals surface area (Å²) in [4.78, 5) is 42.1. The van der Waals surface area contributed by atoms with Crippen LogP contribution in [0.15, 0.2) is 30.4 Å². The summed E-state index contributed by atoms with van der Waals surface area (Å²) >= 11 is 0. The van der Waals surface area contributed by atoms with Crippen molar-refractivity contribution in [2.24, 2.45) is 0 Å². The molecule has 2 aliphatic carbocycles. The van der Waals surface area contributed by atoms with E-state index in [1.54, 1.807) is 6.92 Å².